The van der Waals surface area contributed by atoms with Crippen LogP contribution in [0.4, 0.5) is 0 Å². The van der Waals surface area contributed by atoms with Gasteiger partial charge in [-0.05, 0) is 0 Å². The van der Waals surface area contributed by atoms with Crippen LogP contribution in [0.1, 0.15) is 145 Å². The first-order chi connectivity index (χ1) is 29.5. The number of hydrogen-bond donors (Lipinski definition) is 0. The van der Waals surface area contributed by atoms with Gasteiger partial charge in [0.05, 0.1) is 0 Å². The molecule has 2 aliphatic carbocycles. The van der Waals surface area contributed by atoms with E-state index in [9.17, 15) is 0 Å². The molecule has 0 amide bonds. The number of hydrogen-bond acceptors (Lipinski definition) is 0. The van der Waals surface area contributed by atoms with Crippen molar-refractivity contribution in [3.05, 3.63) is 172 Å². The molecule has 0 saturated carbocycles. The van der Waals surface area contributed by atoms with Crippen LogP contribution in [-0.2, 0) is 21.8 Å². The van der Waals surface area contributed by atoms with E-state index in [-0.39, 0.29) is 0 Å². The predicted octanol–water partition coefficient (Wildman–Crippen LogP) is 14.0. The van der Waals surface area contributed by atoms with E-state index in [1.165, 1.54) is 88.6 Å². The zero-order valence-corrected chi connectivity index (χ0v) is 40.8. The van der Waals surface area contributed by atoms with Crippen LogP contribution < -0.4 is 13.6 Å². The first-order valence-corrected chi connectivity index (χ1v) is 28.9. The standard InChI is InChI=1S/2C23H27.C12H9Si.Zr/c2*1-4-6-10-18-15-19-11-9-14-22(23(19)16-18)21-13-8-7-12-20(21)17(3)5-2;1-3-7-11-9(5-1)10-6-2-4-8-12(10)13-11;/h2*7-9,11-17H,4-6,10H2,1-3H3;1-7H,13H2;. The summed E-state index contributed by atoms with van der Waals surface area (Å²) < 4.78 is 2.80. The molecule has 0 aromatic heterocycles. The van der Waals surface area contributed by atoms with E-state index < -0.39 is 31.3 Å². The molecule has 60 heavy (non-hydrogen) atoms. The number of allylic oxidation sites excluding steroid dienone is 2. The van der Waals surface area contributed by atoms with Crippen LogP contribution in [-0.4, -0.2) is 9.52 Å². The van der Waals surface area contributed by atoms with E-state index in [0.717, 1.165) is 12.8 Å². The molecule has 4 unspecified atom stereocenters. The third kappa shape index (κ3) is 7.39. The summed E-state index contributed by atoms with van der Waals surface area (Å²) in [5.41, 5.74) is 21.5. The normalized spacial score (nSPS) is 17.4. The first-order valence-electron chi connectivity index (χ1n) is 23.4. The summed E-state index contributed by atoms with van der Waals surface area (Å²) in [6.07, 6.45) is 15.1. The second-order valence-electron chi connectivity index (χ2n) is 18.0. The van der Waals surface area contributed by atoms with Gasteiger partial charge in [0.2, 0.25) is 0 Å². The van der Waals surface area contributed by atoms with Crippen LogP contribution in [0.3, 0.4) is 0 Å². The average molecular weight is 879 g/mol. The summed E-state index contributed by atoms with van der Waals surface area (Å²) in [5, 5.41) is 3.41. The fraction of sp³-hybridized carbons (Fsp3) is 0.310. The molecule has 2 heteroatoms. The summed E-state index contributed by atoms with van der Waals surface area (Å²) in [5.74, 6) is 1.03. The molecule has 303 valence electrons. The number of fused-ring (bicyclic) bond motifs is 5. The van der Waals surface area contributed by atoms with E-state index in [1.54, 1.807) is 38.2 Å². The Hall–Kier alpha value is -4.10. The molecule has 4 atom stereocenters. The summed E-state index contributed by atoms with van der Waals surface area (Å²) in [4.78, 5) is 0. The minimum absolute atomic E-state index is 0.492. The van der Waals surface area contributed by atoms with Crippen molar-refractivity contribution < 1.29 is 21.8 Å². The van der Waals surface area contributed by atoms with E-state index in [1.807, 2.05) is 3.27 Å². The molecule has 6 aromatic rings. The molecule has 0 N–H and O–H groups in total. The van der Waals surface area contributed by atoms with E-state index in [4.69, 9.17) is 0 Å². The SMILES string of the molecule is CCCCC1=Cc2c(-c3ccccc3C(C)CC)cccc2[CH]1[Zr]([c]1cccc2c1[SiH2]c1ccccc1-2)[CH]1C(CCCC)=Cc2c(-c3ccccc3C(C)CC)cccc21. The van der Waals surface area contributed by atoms with E-state index >= 15 is 0 Å². The predicted molar refractivity (Wildman–Crippen MR) is 261 cm³/mol. The molecule has 9 rings (SSSR count). The second-order valence-corrected chi connectivity index (χ2v) is 26.3. The molecule has 3 aliphatic rings. The van der Waals surface area contributed by atoms with Crippen molar-refractivity contribution in [1.82, 2.24) is 0 Å². The van der Waals surface area contributed by atoms with Gasteiger partial charge < -0.3 is 0 Å². The van der Waals surface area contributed by atoms with Gasteiger partial charge >= 0.3 is 374 Å². The Morgan fingerprint density at radius 1 is 0.483 bits per heavy atom. The van der Waals surface area contributed by atoms with Gasteiger partial charge in [0.15, 0.2) is 0 Å². The topological polar surface area (TPSA) is 0 Å². The molecule has 6 aromatic carbocycles. The Morgan fingerprint density at radius 2 is 0.933 bits per heavy atom. The molecular weight excluding hydrogens is 816 g/mol. The van der Waals surface area contributed by atoms with Crippen LogP contribution in [0.2, 0.25) is 0 Å². The zero-order chi connectivity index (χ0) is 41.3. The van der Waals surface area contributed by atoms with Crippen molar-refractivity contribution in [2.45, 2.75) is 112 Å². The maximum atomic E-state index is 2.73. The second kappa shape index (κ2) is 18.1. The van der Waals surface area contributed by atoms with Crippen molar-refractivity contribution in [1.29, 1.82) is 0 Å². The Balaban J connectivity index is 1.30. The number of rotatable bonds is 15. The van der Waals surface area contributed by atoms with Gasteiger partial charge in [0.1, 0.15) is 0 Å². The van der Waals surface area contributed by atoms with Crippen molar-refractivity contribution in [3.8, 4) is 33.4 Å². The van der Waals surface area contributed by atoms with Crippen molar-refractivity contribution in [2.24, 2.45) is 0 Å². The van der Waals surface area contributed by atoms with Gasteiger partial charge in [-0.2, -0.15) is 0 Å². The van der Waals surface area contributed by atoms with Crippen molar-refractivity contribution >= 4 is 35.3 Å². The van der Waals surface area contributed by atoms with Crippen LogP contribution in [0, 0.1) is 0 Å². The fourth-order valence-corrected chi connectivity index (χ4v) is 25.0. The van der Waals surface area contributed by atoms with Crippen molar-refractivity contribution in [3.63, 3.8) is 0 Å². The molecule has 0 saturated heterocycles. The molecule has 0 nitrogen and oxygen atoms in total. The summed E-state index contributed by atoms with van der Waals surface area (Å²) in [6.45, 7) is 14.3. The number of benzene rings is 6. The average Bonchev–Trinajstić information content (AvgIpc) is 3.99. The van der Waals surface area contributed by atoms with Gasteiger partial charge in [-0.1, -0.05) is 0 Å². The fourth-order valence-electron chi connectivity index (χ4n) is 11.0. The monoisotopic (exact) mass is 877 g/mol. The van der Waals surface area contributed by atoms with Gasteiger partial charge in [-0.3, -0.25) is 0 Å². The summed E-state index contributed by atoms with van der Waals surface area (Å²) in [6, 6.07) is 50.5. The van der Waals surface area contributed by atoms with Gasteiger partial charge in [-0.15, -0.1) is 0 Å². The Morgan fingerprint density at radius 3 is 1.45 bits per heavy atom. The first kappa shape index (κ1) is 41.3. The minimum atomic E-state index is -2.89. The van der Waals surface area contributed by atoms with Crippen LogP contribution >= 0.6 is 0 Å². The van der Waals surface area contributed by atoms with E-state index in [2.05, 4.69) is 181 Å². The molecule has 0 fully saturated rings. The molecule has 0 bridgehead atoms. The molecule has 1 aliphatic heterocycles. The van der Waals surface area contributed by atoms with Crippen LogP contribution in [0.25, 0.3) is 45.5 Å². The third-order valence-corrected chi connectivity index (χ3v) is 26.6. The Labute approximate surface area is 371 Å². The van der Waals surface area contributed by atoms with Gasteiger partial charge in [0.25, 0.3) is 0 Å². The molecular formula is C58H63SiZr. The molecule has 1 heterocycles. The maximum absolute atomic E-state index is 2.89. The van der Waals surface area contributed by atoms with Gasteiger partial charge in [-0.25, -0.2) is 0 Å². The number of unbranched alkanes of at least 4 members (excludes halogenated alkanes) is 2. The summed E-state index contributed by atoms with van der Waals surface area (Å²) in [7, 11) is -0.626. The molecule has 0 spiro atoms. The zero-order valence-electron chi connectivity index (χ0n) is 37.0. The Kier molecular flexibility index (Phi) is 12.4. The van der Waals surface area contributed by atoms with Crippen molar-refractivity contribution in [2.75, 3.05) is 0 Å². The molecule has 0 radical (unpaired) electrons. The van der Waals surface area contributed by atoms with E-state index in [0.29, 0.717) is 19.1 Å². The summed E-state index contributed by atoms with van der Waals surface area (Å²) >= 11 is -2.89. The Bertz CT molecular complexity index is 2460. The van der Waals surface area contributed by atoms with Crippen LogP contribution in [0.5, 0.6) is 0 Å². The quantitative estimate of drug-likeness (QED) is 0.0900. The van der Waals surface area contributed by atoms with Gasteiger partial charge in [0, 0.05) is 0 Å². The third-order valence-electron chi connectivity index (χ3n) is 14.5. The van der Waals surface area contributed by atoms with Crippen LogP contribution in [0.15, 0.2) is 139 Å².